The Morgan fingerprint density at radius 2 is 1.57 bits per heavy atom. The molecular weight excluding hydrogens is 362 g/mol. The Balaban J connectivity index is 1.76. The molecule has 0 radical (unpaired) electrons. The van der Waals surface area contributed by atoms with Crippen LogP contribution in [0.1, 0.15) is 24.2 Å². The first kappa shape index (κ1) is 21.1. The molecule has 7 heteroatoms. The van der Waals surface area contributed by atoms with E-state index in [2.05, 4.69) is 5.32 Å². The maximum absolute atomic E-state index is 12.2. The van der Waals surface area contributed by atoms with Crippen molar-refractivity contribution >= 4 is 11.9 Å². The van der Waals surface area contributed by atoms with E-state index in [0.717, 1.165) is 0 Å². The third-order valence-corrected chi connectivity index (χ3v) is 3.56. The van der Waals surface area contributed by atoms with Gasteiger partial charge in [0, 0.05) is 5.56 Å². The summed E-state index contributed by atoms with van der Waals surface area (Å²) in [4.78, 5) is 24.0. The summed E-state index contributed by atoms with van der Waals surface area (Å²) in [6, 6.07) is 14.1. The largest absolute Gasteiger partial charge is 0.490 e. The van der Waals surface area contributed by atoms with E-state index in [4.69, 9.17) is 18.9 Å². The number of para-hydroxylation sites is 1. The molecule has 0 atom stereocenters. The molecule has 1 N–H and O–H groups in total. The van der Waals surface area contributed by atoms with Crippen molar-refractivity contribution in [3.05, 3.63) is 54.1 Å². The molecule has 0 spiro atoms. The Bertz CT molecular complexity index is 763. The smallest absolute Gasteiger partial charge is 0.325 e. The van der Waals surface area contributed by atoms with Gasteiger partial charge in [0.25, 0.3) is 5.91 Å². The van der Waals surface area contributed by atoms with Gasteiger partial charge in [0.05, 0.1) is 13.2 Å². The van der Waals surface area contributed by atoms with E-state index in [-0.39, 0.29) is 19.8 Å². The van der Waals surface area contributed by atoms with Crippen LogP contribution in [0.15, 0.2) is 48.5 Å². The number of rotatable bonds is 11. The maximum atomic E-state index is 12.2. The molecule has 2 aromatic carbocycles. The van der Waals surface area contributed by atoms with Crippen molar-refractivity contribution in [3.8, 4) is 17.2 Å². The highest BCUT2D eigenvalue weighted by molar-refractivity contribution is 5.96. The molecule has 0 saturated heterocycles. The second-order valence-corrected chi connectivity index (χ2v) is 5.59. The summed E-state index contributed by atoms with van der Waals surface area (Å²) in [6.07, 6.45) is 0. The van der Waals surface area contributed by atoms with Gasteiger partial charge in [-0.3, -0.25) is 9.59 Å². The molecule has 7 nitrogen and oxygen atoms in total. The maximum Gasteiger partial charge on any atom is 0.325 e. The van der Waals surface area contributed by atoms with Crippen LogP contribution in [0.2, 0.25) is 0 Å². The molecule has 28 heavy (non-hydrogen) atoms. The van der Waals surface area contributed by atoms with Gasteiger partial charge in [0.15, 0.2) is 11.5 Å². The molecule has 0 bridgehead atoms. The first-order chi connectivity index (χ1) is 13.6. The predicted octanol–water partition coefficient (Wildman–Crippen LogP) is 2.84. The summed E-state index contributed by atoms with van der Waals surface area (Å²) in [6.45, 7) is 4.75. The van der Waals surface area contributed by atoms with Gasteiger partial charge in [-0.05, 0) is 44.2 Å². The lowest BCUT2D eigenvalue weighted by Gasteiger charge is -2.12. The minimum atomic E-state index is -0.541. The number of hydrogen-bond acceptors (Lipinski definition) is 6. The molecule has 0 fully saturated rings. The number of esters is 1. The average molecular weight is 387 g/mol. The number of carbonyl (C=O) groups excluding carboxylic acids is 2. The predicted molar refractivity (Wildman–Crippen MR) is 104 cm³/mol. The fourth-order valence-corrected chi connectivity index (χ4v) is 2.33. The van der Waals surface area contributed by atoms with Crippen LogP contribution in [0, 0.1) is 0 Å². The van der Waals surface area contributed by atoms with Crippen LogP contribution in [-0.4, -0.2) is 44.8 Å². The first-order valence-electron chi connectivity index (χ1n) is 9.15. The molecule has 0 aliphatic rings. The highest BCUT2D eigenvalue weighted by Gasteiger charge is 2.13. The van der Waals surface area contributed by atoms with Crippen molar-refractivity contribution < 1.29 is 28.5 Å². The van der Waals surface area contributed by atoms with Crippen molar-refractivity contribution in [1.82, 2.24) is 5.32 Å². The van der Waals surface area contributed by atoms with Gasteiger partial charge in [-0.25, -0.2) is 0 Å². The molecule has 0 aliphatic heterocycles. The van der Waals surface area contributed by atoms with Crippen molar-refractivity contribution in [1.29, 1.82) is 0 Å². The van der Waals surface area contributed by atoms with E-state index in [1.54, 1.807) is 18.2 Å². The van der Waals surface area contributed by atoms with Crippen molar-refractivity contribution in [2.45, 2.75) is 13.8 Å². The third kappa shape index (κ3) is 6.83. The van der Waals surface area contributed by atoms with Crippen LogP contribution in [0.3, 0.4) is 0 Å². The van der Waals surface area contributed by atoms with Gasteiger partial charge < -0.3 is 24.3 Å². The second kappa shape index (κ2) is 11.5. The molecular formula is C21H25NO6. The second-order valence-electron chi connectivity index (χ2n) is 5.59. The summed E-state index contributed by atoms with van der Waals surface area (Å²) in [5.74, 6) is 0.811. The SMILES string of the molecule is CCOc1ccc(C(=O)NCC(=O)OCCOc2ccccc2)cc1OCC. The summed E-state index contributed by atoms with van der Waals surface area (Å²) in [5.41, 5.74) is 0.368. The van der Waals surface area contributed by atoms with E-state index in [0.29, 0.717) is 36.0 Å². The van der Waals surface area contributed by atoms with E-state index in [1.165, 1.54) is 0 Å². The van der Waals surface area contributed by atoms with Crippen molar-refractivity contribution in [2.24, 2.45) is 0 Å². The van der Waals surface area contributed by atoms with Gasteiger partial charge in [-0.15, -0.1) is 0 Å². The molecule has 0 unspecified atom stereocenters. The van der Waals surface area contributed by atoms with Gasteiger partial charge in [-0.2, -0.15) is 0 Å². The topological polar surface area (TPSA) is 83.1 Å². The summed E-state index contributed by atoms with van der Waals surface area (Å²) in [7, 11) is 0. The van der Waals surface area contributed by atoms with E-state index >= 15 is 0 Å². The number of benzene rings is 2. The summed E-state index contributed by atoms with van der Waals surface area (Å²) >= 11 is 0. The Morgan fingerprint density at radius 3 is 2.29 bits per heavy atom. The Labute approximate surface area is 164 Å². The molecule has 2 aromatic rings. The number of carbonyl (C=O) groups is 2. The summed E-state index contributed by atoms with van der Waals surface area (Å²) in [5, 5.41) is 2.53. The van der Waals surface area contributed by atoms with E-state index in [1.807, 2.05) is 44.2 Å². The molecule has 0 saturated carbocycles. The Hall–Kier alpha value is -3.22. The van der Waals surface area contributed by atoms with Gasteiger partial charge in [-0.1, -0.05) is 18.2 Å². The zero-order chi connectivity index (χ0) is 20.2. The number of nitrogens with one attached hydrogen (secondary N) is 1. The monoisotopic (exact) mass is 387 g/mol. The molecule has 0 heterocycles. The fraction of sp³-hybridized carbons (Fsp3) is 0.333. The van der Waals surface area contributed by atoms with Crippen molar-refractivity contribution in [2.75, 3.05) is 33.0 Å². The number of ether oxygens (including phenoxy) is 4. The highest BCUT2D eigenvalue weighted by Crippen LogP contribution is 2.28. The molecule has 0 aliphatic carbocycles. The lowest BCUT2D eigenvalue weighted by Crippen LogP contribution is -2.31. The Morgan fingerprint density at radius 1 is 0.857 bits per heavy atom. The highest BCUT2D eigenvalue weighted by atomic mass is 16.6. The van der Waals surface area contributed by atoms with Crippen LogP contribution in [0.25, 0.3) is 0 Å². The van der Waals surface area contributed by atoms with E-state index in [9.17, 15) is 9.59 Å². The van der Waals surface area contributed by atoms with Crippen LogP contribution >= 0.6 is 0 Å². The van der Waals surface area contributed by atoms with Gasteiger partial charge in [0.2, 0.25) is 0 Å². The first-order valence-corrected chi connectivity index (χ1v) is 9.15. The standard InChI is InChI=1S/C21H25NO6/c1-3-25-18-11-10-16(14-19(18)26-4-2)21(24)22-15-20(23)28-13-12-27-17-8-6-5-7-9-17/h5-11,14H,3-4,12-13,15H2,1-2H3,(H,22,24). The minimum Gasteiger partial charge on any atom is -0.490 e. The van der Waals surface area contributed by atoms with Gasteiger partial charge >= 0.3 is 5.97 Å². The van der Waals surface area contributed by atoms with E-state index < -0.39 is 11.9 Å². The van der Waals surface area contributed by atoms with Crippen LogP contribution in [0.4, 0.5) is 0 Å². The summed E-state index contributed by atoms with van der Waals surface area (Å²) < 4.78 is 21.4. The minimum absolute atomic E-state index is 0.0984. The van der Waals surface area contributed by atoms with Crippen LogP contribution < -0.4 is 19.5 Å². The molecule has 0 aromatic heterocycles. The molecule has 1 amide bonds. The van der Waals surface area contributed by atoms with Crippen LogP contribution in [0.5, 0.6) is 17.2 Å². The van der Waals surface area contributed by atoms with Crippen LogP contribution in [-0.2, 0) is 9.53 Å². The normalized spacial score (nSPS) is 10.1. The molecule has 150 valence electrons. The van der Waals surface area contributed by atoms with Crippen molar-refractivity contribution in [3.63, 3.8) is 0 Å². The Kier molecular flexibility index (Phi) is 8.65. The lowest BCUT2D eigenvalue weighted by atomic mass is 10.2. The molecule has 2 rings (SSSR count). The number of amides is 1. The lowest BCUT2D eigenvalue weighted by molar-refractivity contribution is -0.143. The third-order valence-electron chi connectivity index (χ3n) is 3.56. The zero-order valence-electron chi connectivity index (χ0n) is 16.1. The quantitative estimate of drug-likeness (QED) is 0.472. The van der Waals surface area contributed by atoms with Gasteiger partial charge in [0.1, 0.15) is 25.5 Å². The number of hydrogen-bond donors (Lipinski definition) is 1. The average Bonchev–Trinajstić information content (AvgIpc) is 2.72. The zero-order valence-corrected chi connectivity index (χ0v) is 16.1. The fourth-order valence-electron chi connectivity index (χ4n) is 2.33.